The molecule has 8 heteroatoms. The predicted molar refractivity (Wildman–Crippen MR) is 116 cm³/mol. The van der Waals surface area contributed by atoms with Crippen LogP contribution >= 0.6 is 24.0 Å². The van der Waals surface area contributed by atoms with Crippen molar-refractivity contribution in [1.82, 2.24) is 10.6 Å². The van der Waals surface area contributed by atoms with Crippen molar-refractivity contribution in [2.75, 3.05) is 46.6 Å². The van der Waals surface area contributed by atoms with Gasteiger partial charge in [-0.1, -0.05) is 6.07 Å². The van der Waals surface area contributed by atoms with Crippen LogP contribution in [0.3, 0.4) is 0 Å². The van der Waals surface area contributed by atoms with E-state index >= 15 is 0 Å². The molecule has 1 saturated heterocycles. The van der Waals surface area contributed by atoms with E-state index in [9.17, 15) is 4.39 Å². The summed E-state index contributed by atoms with van der Waals surface area (Å²) in [5.41, 5.74) is 0. The van der Waals surface area contributed by atoms with Gasteiger partial charge in [-0.15, -0.1) is 24.0 Å². The summed E-state index contributed by atoms with van der Waals surface area (Å²) in [6, 6.07) is 6.14. The molecule has 2 rings (SSSR count). The third-order valence-electron chi connectivity index (χ3n) is 4.05. The Labute approximate surface area is 178 Å². The minimum atomic E-state index is -0.303. The molecule has 27 heavy (non-hydrogen) atoms. The molecule has 6 nitrogen and oxygen atoms in total. The third-order valence-corrected chi connectivity index (χ3v) is 4.05. The van der Waals surface area contributed by atoms with E-state index in [2.05, 4.69) is 15.6 Å². The van der Waals surface area contributed by atoms with Crippen LogP contribution in [0, 0.1) is 11.7 Å². The molecule has 0 aliphatic carbocycles. The largest absolute Gasteiger partial charge is 0.489 e. The van der Waals surface area contributed by atoms with E-state index in [1.54, 1.807) is 19.2 Å². The number of rotatable bonds is 10. The second-order valence-electron chi connectivity index (χ2n) is 6.42. The zero-order valence-corrected chi connectivity index (χ0v) is 18.4. The molecule has 1 aromatic carbocycles. The van der Waals surface area contributed by atoms with Gasteiger partial charge in [0.05, 0.1) is 19.8 Å². The molecule has 0 radical (unpaired) electrons. The van der Waals surface area contributed by atoms with Crippen LogP contribution in [0.2, 0.25) is 0 Å². The monoisotopic (exact) mass is 495 g/mol. The van der Waals surface area contributed by atoms with Gasteiger partial charge < -0.3 is 24.8 Å². The molecule has 0 amide bonds. The van der Waals surface area contributed by atoms with E-state index in [0.29, 0.717) is 24.2 Å². The number of halogens is 2. The quantitative estimate of drug-likeness (QED) is 0.226. The van der Waals surface area contributed by atoms with E-state index in [-0.39, 0.29) is 35.9 Å². The van der Waals surface area contributed by atoms with Gasteiger partial charge in [0.1, 0.15) is 17.7 Å². The number of guanidine groups is 1. The van der Waals surface area contributed by atoms with Gasteiger partial charge in [-0.3, -0.25) is 4.99 Å². The summed E-state index contributed by atoms with van der Waals surface area (Å²) < 4.78 is 29.8. The summed E-state index contributed by atoms with van der Waals surface area (Å²) in [6.07, 6.45) is 1.89. The number of nitrogens with one attached hydrogen (secondary N) is 2. The molecular weight excluding hydrogens is 464 g/mol. The first kappa shape index (κ1) is 23.9. The van der Waals surface area contributed by atoms with Gasteiger partial charge in [-0.2, -0.15) is 0 Å². The molecule has 0 bridgehead atoms. The Hall–Kier alpha value is -1.13. The van der Waals surface area contributed by atoms with E-state index < -0.39 is 0 Å². The molecule has 1 heterocycles. The van der Waals surface area contributed by atoms with Gasteiger partial charge in [0.2, 0.25) is 0 Å². The van der Waals surface area contributed by atoms with Crippen molar-refractivity contribution in [3.05, 3.63) is 30.1 Å². The van der Waals surface area contributed by atoms with Crippen molar-refractivity contribution in [1.29, 1.82) is 0 Å². The summed E-state index contributed by atoms with van der Waals surface area (Å²) in [6.45, 7) is 6.45. The first-order valence-electron chi connectivity index (χ1n) is 9.19. The van der Waals surface area contributed by atoms with Crippen LogP contribution in [-0.2, 0) is 9.47 Å². The summed E-state index contributed by atoms with van der Waals surface area (Å²) in [7, 11) is 1.73. The zero-order chi connectivity index (χ0) is 18.6. The van der Waals surface area contributed by atoms with E-state index in [1.807, 2.05) is 6.92 Å². The lowest BCUT2D eigenvalue weighted by Crippen LogP contribution is -2.42. The van der Waals surface area contributed by atoms with E-state index in [4.69, 9.17) is 14.2 Å². The predicted octanol–water partition coefficient (Wildman–Crippen LogP) is 2.82. The normalized spacial score (nSPS) is 17.9. The Morgan fingerprint density at radius 1 is 1.41 bits per heavy atom. The van der Waals surface area contributed by atoms with Crippen LogP contribution in [0.15, 0.2) is 29.3 Å². The molecule has 2 N–H and O–H groups in total. The molecular formula is C19H31FIN3O3. The van der Waals surface area contributed by atoms with E-state index in [1.165, 1.54) is 12.1 Å². The molecule has 0 saturated carbocycles. The molecule has 154 valence electrons. The zero-order valence-electron chi connectivity index (χ0n) is 16.1. The highest BCUT2D eigenvalue weighted by Crippen LogP contribution is 2.13. The molecule has 0 aromatic heterocycles. The summed E-state index contributed by atoms with van der Waals surface area (Å²) in [5, 5.41) is 6.45. The highest BCUT2D eigenvalue weighted by molar-refractivity contribution is 14.0. The number of ether oxygens (including phenoxy) is 3. The highest BCUT2D eigenvalue weighted by atomic mass is 127. The summed E-state index contributed by atoms with van der Waals surface area (Å²) in [5.74, 6) is 1.48. The molecule has 1 fully saturated rings. The summed E-state index contributed by atoms with van der Waals surface area (Å²) in [4.78, 5) is 4.18. The third kappa shape index (κ3) is 10.1. The lowest BCUT2D eigenvalue weighted by molar-refractivity contribution is 0.0888. The molecule has 2 atom stereocenters. The fraction of sp³-hybridized carbons (Fsp3) is 0.632. The van der Waals surface area contributed by atoms with Crippen LogP contribution < -0.4 is 15.4 Å². The van der Waals surface area contributed by atoms with Crippen molar-refractivity contribution in [3.8, 4) is 5.75 Å². The van der Waals surface area contributed by atoms with Crippen molar-refractivity contribution in [3.63, 3.8) is 0 Å². The van der Waals surface area contributed by atoms with Gasteiger partial charge in [0.15, 0.2) is 5.96 Å². The van der Waals surface area contributed by atoms with Crippen LogP contribution in [0.4, 0.5) is 4.39 Å². The Morgan fingerprint density at radius 2 is 2.26 bits per heavy atom. The smallest absolute Gasteiger partial charge is 0.191 e. The molecule has 1 aliphatic heterocycles. The van der Waals surface area contributed by atoms with Gasteiger partial charge >= 0.3 is 0 Å². The molecule has 2 unspecified atom stereocenters. The second-order valence-corrected chi connectivity index (χ2v) is 6.42. The first-order valence-corrected chi connectivity index (χ1v) is 9.19. The Morgan fingerprint density at radius 3 is 2.96 bits per heavy atom. The standard InChI is InChI=1S/C19H30FN3O3.HI/c1-15(26-18-6-3-5-17(20)11-18)12-23-19(21-2)22-8-4-9-24-13-16-7-10-25-14-16;/h3,5-6,11,15-16H,4,7-10,12-14H2,1-2H3,(H2,21,22,23);1H. The fourth-order valence-corrected chi connectivity index (χ4v) is 2.62. The second kappa shape index (κ2) is 14.0. The van der Waals surface area contributed by atoms with Crippen LogP contribution in [0.5, 0.6) is 5.75 Å². The fourth-order valence-electron chi connectivity index (χ4n) is 2.62. The number of hydrogen-bond acceptors (Lipinski definition) is 4. The molecule has 0 spiro atoms. The number of aliphatic imine (C=N–C) groups is 1. The van der Waals surface area contributed by atoms with Gasteiger partial charge in [-0.25, -0.2) is 4.39 Å². The number of nitrogens with zero attached hydrogens (tertiary/aromatic N) is 1. The maximum Gasteiger partial charge on any atom is 0.191 e. The first-order chi connectivity index (χ1) is 12.7. The average molecular weight is 495 g/mol. The van der Waals surface area contributed by atoms with Gasteiger partial charge in [0.25, 0.3) is 0 Å². The van der Waals surface area contributed by atoms with E-state index in [0.717, 1.165) is 45.8 Å². The van der Waals surface area contributed by atoms with Crippen LogP contribution in [-0.4, -0.2) is 58.6 Å². The highest BCUT2D eigenvalue weighted by Gasteiger charge is 2.15. The molecule has 1 aromatic rings. The van der Waals surface area contributed by atoms with Crippen molar-refractivity contribution < 1.29 is 18.6 Å². The lowest BCUT2D eigenvalue weighted by atomic mass is 10.1. The van der Waals surface area contributed by atoms with Gasteiger partial charge in [-0.05, 0) is 31.9 Å². The Kier molecular flexibility index (Phi) is 12.4. The van der Waals surface area contributed by atoms with Crippen molar-refractivity contribution in [2.45, 2.75) is 25.9 Å². The maximum atomic E-state index is 13.2. The Bertz CT molecular complexity index is 557. The average Bonchev–Trinajstić information content (AvgIpc) is 3.14. The number of benzene rings is 1. The Balaban J connectivity index is 0.00000364. The SMILES string of the molecule is CN=C(NCCCOCC1CCOC1)NCC(C)Oc1cccc(F)c1.I. The maximum absolute atomic E-state index is 13.2. The van der Waals surface area contributed by atoms with Crippen LogP contribution in [0.1, 0.15) is 19.8 Å². The van der Waals surface area contributed by atoms with Gasteiger partial charge in [0, 0.05) is 38.8 Å². The van der Waals surface area contributed by atoms with Crippen molar-refractivity contribution >= 4 is 29.9 Å². The van der Waals surface area contributed by atoms with Crippen LogP contribution in [0.25, 0.3) is 0 Å². The van der Waals surface area contributed by atoms with Crippen molar-refractivity contribution in [2.24, 2.45) is 10.9 Å². The topological polar surface area (TPSA) is 64.1 Å². The lowest BCUT2D eigenvalue weighted by Gasteiger charge is -2.18. The minimum Gasteiger partial charge on any atom is -0.489 e. The summed E-state index contributed by atoms with van der Waals surface area (Å²) >= 11 is 0. The minimum absolute atomic E-state index is 0. The molecule has 1 aliphatic rings. The number of hydrogen-bond donors (Lipinski definition) is 2.